The van der Waals surface area contributed by atoms with Gasteiger partial charge in [-0.25, -0.2) is 0 Å². The van der Waals surface area contributed by atoms with Crippen LogP contribution < -0.4 is 5.32 Å². The molecule has 0 radical (unpaired) electrons. The average Bonchev–Trinajstić information content (AvgIpc) is 3.06. The molecule has 2 heterocycles. The molecule has 3 rings (SSSR count). The van der Waals surface area contributed by atoms with Gasteiger partial charge in [0.15, 0.2) is 0 Å². The van der Waals surface area contributed by atoms with Gasteiger partial charge in [0.05, 0.1) is 12.1 Å². The van der Waals surface area contributed by atoms with Crippen molar-refractivity contribution in [1.29, 1.82) is 0 Å². The Balaban J connectivity index is 1.55. The third-order valence-corrected chi connectivity index (χ3v) is 5.56. The fourth-order valence-corrected chi connectivity index (χ4v) is 3.91. The molecule has 1 aliphatic heterocycles. The molecule has 1 aromatic carbocycles. The zero-order valence-corrected chi connectivity index (χ0v) is 17.9. The maximum atomic E-state index is 12.7. The van der Waals surface area contributed by atoms with Crippen molar-refractivity contribution in [3.05, 3.63) is 52.5 Å². The van der Waals surface area contributed by atoms with Crippen LogP contribution in [-0.4, -0.2) is 54.3 Å². The van der Waals surface area contributed by atoms with E-state index in [-0.39, 0.29) is 11.8 Å². The third-order valence-electron chi connectivity index (χ3n) is 5.56. The lowest BCUT2D eigenvalue weighted by molar-refractivity contribution is -0.117. The lowest BCUT2D eigenvalue weighted by Gasteiger charge is -2.34. The SMILES string of the molecule is CCc1cccc(CC)c1NC(=O)CN1CCN(C(=O)c2cc(C)oc2C)CC1. The Morgan fingerprint density at radius 3 is 2.17 bits per heavy atom. The van der Waals surface area contributed by atoms with Crippen LogP contribution in [0.3, 0.4) is 0 Å². The summed E-state index contributed by atoms with van der Waals surface area (Å²) >= 11 is 0. The van der Waals surface area contributed by atoms with Crippen molar-refractivity contribution in [2.45, 2.75) is 40.5 Å². The molecule has 1 saturated heterocycles. The molecule has 2 aromatic rings. The predicted molar refractivity (Wildman–Crippen MR) is 114 cm³/mol. The number of nitrogens with zero attached hydrogens (tertiary/aromatic N) is 2. The van der Waals surface area contributed by atoms with E-state index in [1.807, 2.05) is 24.8 Å². The van der Waals surface area contributed by atoms with Gasteiger partial charge in [0.2, 0.25) is 5.91 Å². The number of rotatable bonds is 6. The number of hydrogen-bond acceptors (Lipinski definition) is 4. The fourth-order valence-electron chi connectivity index (χ4n) is 3.91. The number of nitrogens with one attached hydrogen (secondary N) is 1. The van der Waals surface area contributed by atoms with Gasteiger partial charge in [-0.15, -0.1) is 0 Å². The number of carbonyl (C=O) groups is 2. The number of anilines is 1. The molecule has 1 fully saturated rings. The van der Waals surface area contributed by atoms with Gasteiger partial charge < -0.3 is 14.6 Å². The van der Waals surface area contributed by atoms with E-state index in [1.165, 1.54) is 11.1 Å². The number of piperazine rings is 1. The summed E-state index contributed by atoms with van der Waals surface area (Å²) in [6.45, 7) is 10.8. The Kier molecular flexibility index (Phi) is 6.75. The zero-order chi connectivity index (χ0) is 21.0. The number of hydrogen-bond donors (Lipinski definition) is 1. The van der Waals surface area contributed by atoms with E-state index >= 15 is 0 Å². The number of aryl methyl sites for hydroxylation is 4. The first kappa shape index (κ1) is 21.1. The number of benzene rings is 1. The van der Waals surface area contributed by atoms with Crippen LogP contribution in [0, 0.1) is 13.8 Å². The molecule has 0 spiro atoms. The highest BCUT2D eigenvalue weighted by Crippen LogP contribution is 2.23. The molecule has 0 aliphatic carbocycles. The predicted octanol–water partition coefficient (Wildman–Crippen LogP) is 3.42. The Bertz CT molecular complexity index is 857. The second-order valence-corrected chi connectivity index (χ2v) is 7.60. The van der Waals surface area contributed by atoms with E-state index in [0.717, 1.165) is 24.3 Å². The molecule has 0 bridgehead atoms. The Morgan fingerprint density at radius 2 is 1.66 bits per heavy atom. The summed E-state index contributed by atoms with van der Waals surface area (Å²) in [5.41, 5.74) is 3.93. The molecule has 0 unspecified atom stereocenters. The van der Waals surface area contributed by atoms with E-state index < -0.39 is 0 Å². The number of carbonyl (C=O) groups excluding carboxylic acids is 2. The summed E-state index contributed by atoms with van der Waals surface area (Å²) < 4.78 is 5.48. The minimum Gasteiger partial charge on any atom is -0.466 e. The van der Waals surface area contributed by atoms with E-state index in [9.17, 15) is 9.59 Å². The molecule has 156 valence electrons. The third kappa shape index (κ3) is 4.88. The summed E-state index contributed by atoms with van der Waals surface area (Å²) in [4.78, 5) is 29.3. The first-order chi connectivity index (χ1) is 13.9. The van der Waals surface area contributed by atoms with Crippen LogP contribution in [0.15, 0.2) is 28.7 Å². The minimum absolute atomic E-state index is 0.00156. The quantitative estimate of drug-likeness (QED) is 0.811. The second kappa shape index (κ2) is 9.27. The first-order valence-corrected chi connectivity index (χ1v) is 10.4. The van der Waals surface area contributed by atoms with Crippen molar-refractivity contribution < 1.29 is 14.0 Å². The molecular formula is C23H31N3O3. The normalized spacial score (nSPS) is 14.8. The van der Waals surface area contributed by atoms with E-state index in [2.05, 4.69) is 36.2 Å². The Hall–Kier alpha value is -2.60. The van der Waals surface area contributed by atoms with E-state index in [1.54, 1.807) is 6.07 Å². The highest BCUT2D eigenvalue weighted by atomic mass is 16.3. The highest BCUT2D eigenvalue weighted by molar-refractivity contribution is 5.95. The largest absolute Gasteiger partial charge is 0.466 e. The van der Waals surface area contributed by atoms with Gasteiger partial charge >= 0.3 is 0 Å². The average molecular weight is 398 g/mol. The molecule has 0 saturated carbocycles. The minimum atomic E-state index is 0.00156. The number of amides is 2. The van der Waals surface area contributed by atoms with Crippen LogP contribution in [0.25, 0.3) is 0 Å². The summed E-state index contributed by atoms with van der Waals surface area (Å²) in [5.74, 6) is 1.42. The molecule has 0 atom stereocenters. The van der Waals surface area contributed by atoms with Gasteiger partial charge in [-0.1, -0.05) is 32.0 Å². The molecule has 29 heavy (non-hydrogen) atoms. The monoisotopic (exact) mass is 397 g/mol. The van der Waals surface area contributed by atoms with Gasteiger partial charge in [0.25, 0.3) is 5.91 Å². The summed E-state index contributed by atoms with van der Waals surface area (Å²) in [6.07, 6.45) is 1.77. The maximum absolute atomic E-state index is 12.7. The molecule has 6 nitrogen and oxygen atoms in total. The van der Waals surface area contributed by atoms with Crippen LogP contribution >= 0.6 is 0 Å². The fraction of sp³-hybridized carbons (Fsp3) is 0.478. The Labute approximate surface area is 172 Å². The number of para-hydroxylation sites is 1. The van der Waals surface area contributed by atoms with Crippen LogP contribution in [0.2, 0.25) is 0 Å². The second-order valence-electron chi connectivity index (χ2n) is 7.60. The first-order valence-electron chi connectivity index (χ1n) is 10.4. The van der Waals surface area contributed by atoms with Gasteiger partial charge in [0.1, 0.15) is 11.5 Å². The van der Waals surface area contributed by atoms with Crippen LogP contribution in [0.4, 0.5) is 5.69 Å². The molecule has 1 aliphatic rings. The van der Waals surface area contributed by atoms with Gasteiger partial charge in [0, 0.05) is 31.9 Å². The van der Waals surface area contributed by atoms with Crippen molar-refractivity contribution in [3.63, 3.8) is 0 Å². The molecule has 6 heteroatoms. The smallest absolute Gasteiger partial charge is 0.257 e. The summed E-state index contributed by atoms with van der Waals surface area (Å²) in [7, 11) is 0. The topological polar surface area (TPSA) is 65.8 Å². The van der Waals surface area contributed by atoms with Gasteiger partial charge in [-0.3, -0.25) is 14.5 Å². The molecule has 1 N–H and O–H groups in total. The van der Waals surface area contributed by atoms with Crippen molar-refractivity contribution in [2.24, 2.45) is 0 Å². The van der Waals surface area contributed by atoms with Crippen molar-refractivity contribution in [3.8, 4) is 0 Å². The van der Waals surface area contributed by atoms with Crippen molar-refractivity contribution in [1.82, 2.24) is 9.80 Å². The lowest BCUT2D eigenvalue weighted by atomic mass is 10.0. The summed E-state index contributed by atoms with van der Waals surface area (Å²) in [6, 6.07) is 7.98. The van der Waals surface area contributed by atoms with Crippen molar-refractivity contribution >= 4 is 17.5 Å². The standard InChI is InChI=1S/C23H31N3O3/c1-5-18-8-7-9-19(6-2)22(18)24-21(27)15-25-10-12-26(13-11-25)23(28)20-14-16(3)29-17(20)4/h7-9,14H,5-6,10-13,15H2,1-4H3,(H,24,27). The maximum Gasteiger partial charge on any atom is 0.257 e. The van der Waals surface area contributed by atoms with E-state index in [4.69, 9.17) is 4.42 Å². The van der Waals surface area contributed by atoms with Crippen LogP contribution in [0.5, 0.6) is 0 Å². The molecule has 2 amide bonds. The van der Waals surface area contributed by atoms with Gasteiger partial charge in [-0.2, -0.15) is 0 Å². The highest BCUT2D eigenvalue weighted by Gasteiger charge is 2.25. The van der Waals surface area contributed by atoms with E-state index in [0.29, 0.717) is 44.0 Å². The van der Waals surface area contributed by atoms with Crippen LogP contribution in [0.1, 0.15) is 46.9 Å². The van der Waals surface area contributed by atoms with Crippen molar-refractivity contribution in [2.75, 3.05) is 38.0 Å². The summed E-state index contributed by atoms with van der Waals surface area (Å²) in [5, 5.41) is 3.12. The lowest BCUT2D eigenvalue weighted by Crippen LogP contribution is -2.50. The zero-order valence-electron chi connectivity index (χ0n) is 17.9. The molecular weight excluding hydrogens is 366 g/mol. The van der Waals surface area contributed by atoms with Gasteiger partial charge in [-0.05, 0) is 43.9 Å². The Morgan fingerprint density at radius 1 is 1.03 bits per heavy atom. The molecule has 1 aromatic heterocycles. The number of furan rings is 1. The van der Waals surface area contributed by atoms with Crippen LogP contribution in [-0.2, 0) is 17.6 Å².